The molecule has 1 aliphatic rings. The number of amides is 1. The zero-order chi connectivity index (χ0) is 25.1. The number of nitrogens with zero attached hydrogens (tertiary/aromatic N) is 3. The van der Waals surface area contributed by atoms with Crippen molar-refractivity contribution < 1.29 is 9.18 Å². The number of thiocarbonyl (C=S) groups is 1. The van der Waals surface area contributed by atoms with Crippen LogP contribution in [0, 0.1) is 5.82 Å². The normalized spacial score (nSPS) is 17.2. The summed E-state index contributed by atoms with van der Waals surface area (Å²) < 4.78 is 17.1. The maximum absolute atomic E-state index is 14.0. The molecule has 0 bridgehead atoms. The lowest BCUT2D eigenvalue weighted by Gasteiger charge is -2.29. The van der Waals surface area contributed by atoms with Crippen LogP contribution in [0.1, 0.15) is 29.9 Å². The summed E-state index contributed by atoms with van der Waals surface area (Å²) in [6.07, 6.45) is 3.91. The van der Waals surface area contributed by atoms with E-state index in [4.69, 9.17) is 12.2 Å². The number of nitrogens with one attached hydrogen (secondary N) is 2. The summed E-state index contributed by atoms with van der Waals surface area (Å²) in [5, 5.41) is 6.61. The van der Waals surface area contributed by atoms with Crippen LogP contribution in [0.15, 0.2) is 95.7 Å². The Morgan fingerprint density at radius 3 is 2.58 bits per heavy atom. The molecule has 2 N–H and O–H groups in total. The molecule has 3 heterocycles. The first-order chi connectivity index (χ1) is 17.5. The number of pyridine rings is 1. The van der Waals surface area contributed by atoms with Crippen LogP contribution in [0.5, 0.6) is 0 Å². The fraction of sp³-hybridized carbons (Fsp3) is 0.148. The number of halogens is 2. The molecule has 6 nitrogen and oxygen atoms in total. The van der Waals surface area contributed by atoms with Crippen LogP contribution in [-0.2, 0) is 4.79 Å². The third kappa shape index (κ3) is 5.03. The topological polar surface area (TPSA) is 62.2 Å². The van der Waals surface area contributed by atoms with Crippen molar-refractivity contribution in [3.63, 3.8) is 0 Å². The average molecular weight is 564 g/mol. The van der Waals surface area contributed by atoms with E-state index in [1.54, 1.807) is 24.4 Å². The van der Waals surface area contributed by atoms with Crippen molar-refractivity contribution in [2.24, 2.45) is 0 Å². The van der Waals surface area contributed by atoms with Crippen LogP contribution in [0.3, 0.4) is 0 Å². The molecule has 36 heavy (non-hydrogen) atoms. The van der Waals surface area contributed by atoms with E-state index in [9.17, 15) is 9.18 Å². The highest BCUT2D eigenvalue weighted by Crippen LogP contribution is 2.39. The Balaban J connectivity index is 1.44. The molecule has 0 saturated carbocycles. The molecule has 1 amide bonds. The number of rotatable bonds is 7. The van der Waals surface area contributed by atoms with E-state index >= 15 is 0 Å². The number of aromatic nitrogens is 2. The summed E-state index contributed by atoms with van der Waals surface area (Å²) in [5.41, 5.74) is 3.03. The second-order valence-corrected chi connectivity index (χ2v) is 9.68. The van der Waals surface area contributed by atoms with Gasteiger partial charge in [-0.15, -0.1) is 0 Å². The second kappa shape index (κ2) is 10.6. The SMILES string of the molecule is O=C(CCN1C(=S)N[C@H](c2ccccn2)[C@@H]1c1cccn1-c1ccc(Br)cc1)Nc1ccccc1F. The molecule has 0 unspecified atom stereocenters. The lowest BCUT2D eigenvalue weighted by molar-refractivity contribution is -0.116. The summed E-state index contributed by atoms with van der Waals surface area (Å²) in [7, 11) is 0. The summed E-state index contributed by atoms with van der Waals surface area (Å²) >= 11 is 9.23. The van der Waals surface area contributed by atoms with Crippen molar-refractivity contribution in [2.75, 3.05) is 11.9 Å². The van der Waals surface area contributed by atoms with Gasteiger partial charge in [0, 0.05) is 41.2 Å². The van der Waals surface area contributed by atoms with Crippen LogP contribution in [0.2, 0.25) is 0 Å². The minimum Gasteiger partial charge on any atom is -0.352 e. The highest BCUT2D eigenvalue weighted by molar-refractivity contribution is 9.10. The van der Waals surface area contributed by atoms with Crippen LogP contribution in [0.4, 0.5) is 10.1 Å². The predicted molar refractivity (Wildman–Crippen MR) is 145 cm³/mol. The number of carbonyl (C=O) groups excluding carboxylic acids is 1. The highest BCUT2D eigenvalue weighted by atomic mass is 79.9. The zero-order valence-electron chi connectivity index (χ0n) is 19.1. The van der Waals surface area contributed by atoms with Gasteiger partial charge in [0.1, 0.15) is 5.82 Å². The number of anilines is 1. The van der Waals surface area contributed by atoms with Crippen LogP contribution in [0.25, 0.3) is 5.69 Å². The van der Waals surface area contributed by atoms with Gasteiger partial charge in [-0.2, -0.15) is 0 Å². The molecule has 0 aliphatic carbocycles. The summed E-state index contributed by atoms with van der Waals surface area (Å²) in [5.74, 6) is -0.754. The highest BCUT2D eigenvalue weighted by Gasteiger charge is 2.41. The van der Waals surface area contributed by atoms with Crippen molar-refractivity contribution in [1.82, 2.24) is 19.8 Å². The first-order valence-corrected chi connectivity index (χ1v) is 12.7. The van der Waals surface area contributed by atoms with Gasteiger partial charge < -0.3 is 20.1 Å². The Morgan fingerprint density at radius 1 is 1.06 bits per heavy atom. The molecule has 1 fully saturated rings. The Hall–Kier alpha value is -3.56. The molecule has 2 aromatic carbocycles. The van der Waals surface area contributed by atoms with E-state index in [0.29, 0.717) is 11.7 Å². The Kier molecular flexibility index (Phi) is 7.11. The van der Waals surface area contributed by atoms with E-state index in [1.807, 2.05) is 59.6 Å². The monoisotopic (exact) mass is 563 g/mol. The third-order valence-corrected chi connectivity index (χ3v) is 6.99. The molecule has 0 spiro atoms. The predicted octanol–water partition coefficient (Wildman–Crippen LogP) is 5.78. The van der Waals surface area contributed by atoms with Crippen molar-refractivity contribution in [3.05, 3.63) is 113 Å². The number of hydrogen-bond acceptors (Lipinski definition) is 3. The van der Waals surface area contributed by atoms with Gasteiger partial charge in [-0.3, -0.25) is 9.78 Å². The molecular formula is C27H23BrFN5OS. The fourth-order valence-corrected chi connectivity index (χ4v) is 5.03. The number of hydrogen-bond donors (Lipinski definition) is 2. The van der Waals surface area contributed by atoms with Crippen molar-refractivity contribution in [1.29, 1.82) is 0 Å². The zero-order valence-corrected chi connectivity index (χ0v) is 21.5. The molecule has 1 aliphatic heterocycles. The first-order valence-electron chi connectivity index (χ1n) is 11.5. The lowest BCUT2D eigenvalue weighted by atomic mass is 10.0. The van der Waals surface area contributed by atoms with E-state index in [1.165, 1.54) is 6.07 Å². The standard InChI is InChI=1S/C27H23BrFN5OS/c28-18-10-12-19(13-11-18)33-16-5-9-23(33)26-25(22-8-3-4-15-30-22)32-27(36)34(26)17-14-24(35)31-21-7-2-1-6-20(21)29/h1-13,15-16,25-26H,14,17H2,(H,31,35)(H,32,36)/t25-,26+/m1/s1. The van der Waals surface area contributed by atoms with Crippen LogP contribution >= 0.6 is 28.1 Å². The van der Waals surface area contributed by atoms with E-state index < -0.39 is 5.82 Å². The maximum atomic E-state index is 14.0. The molecule has 5 rings (SSSR count). The number of carbonyl (C=O) groups is 1. The van der Waals surface area contributed by atoms with Crippen molar-refractivity contribution in [2.45, 2.75) is 18.5 Å². The fourth-order valence-electron chi connectivity index (χ4n) is 4.44. The molecule has 4 aromatic rings. The quantitative estimate of drug-likeness (QED) is 0.279. The van der Waals surface area contributed by atoms with Gasteiger partial charge in [-0.1, -0.05) is 34.1 Å². The molecule has 0 radical (unpaired) electrons. The summed E-state index contributed by atoms with van der Waals surface area (Å²) in [6.45, 7) is 0.353. The number of benzene rings is 2. The van der Waals surface area contributed by atoms with Gasteiger partial charge >= 0.3 is 0 Å². The molecular weight excluding hydrogens is 541 g/mol. The molecule has 2 atom stereocenters. The molecule has 182 valence electrons. The van der Waals surface area contributed by atoms with Gasteiger partial charge in [-0.05, 0) is 72.9 Å². The Bertz CT molecular complexity index is 1380. The summed E-state index contributed by atoms with van der Waals surface area (Å²) in [6, 6.07) is 23.6. The molecule has 1 saturated heterocycles. The van der Waals surface area contributed by atoms with Crippen LogP contribution in [-0.4, -0.2) is 32.0 Å². The maximum Gasteiger partial charge on any atom is 0.226 e. The largest absolute Gasteiger partial charge is 0.352 e. The van der Waals surface area contributed by atoms with E-state index in [-0.39, 0.29) is 30.1 Å². The average Bonchev–Trinajstić information content (AvgIpc) is 3.49. The van der Waals surface area contributed by atoms with Gasteiger partial charge in [0.2, 0.25) is 5.91 Å². The first kappa shape index (κ1) is 24.1. The van der Waals surface area contributed by atoms with Crippen molar-refractivity contribution >= 4 is 44.9 Å². The van der Waals surface area contributed by atoms with Crippen molar-refractivity contribution in [3.8, 4) is 5.69 Å². The minimum atomic E-state index is -0.468. The molecule has 9 heteroatoms. The van der Waals surface area contributed by atoms with E-state index in [0.717, 1.165) is 21.5 Å². The van der Waals surface area contributed by atoms with Gasteiger partial charge in [0.25, 0.3) is 0 Å². The second-order valence-electron chi connectivity index (χ2n) is 8.38. The van der Waals surface area contributed by atoms with Gasteiger partial charge in [0.15, 0.2) is 5.11 Å². The van der Waals surface area contributed by atoms with E-state index in [2.05, 4.69) is 42.2 Å². The Morgan fingerprint density at radius 2 is 1.83 bits per heavy atom. The number of para-hydroxylation sites is 1. The van der Waals surface area contributed by atoms with Gasteiger partial charge in [0.05, 0.1) is 23.5 Å². The van der Waals surface area contributed by atoms with Gasteiger partial charge in [-0.25, -0.2) is 4.39 Å². The minimum absolute atomic E-state index is 0.139. The van der Waals surface area contributed by atoms with Crippen LogP contribution < -0.4 is 10.6 Å². The molecule has 2 aromatic heterocycles. The Labute approximate surface area is 222 Å². The lowest BCUT2D eigenvalue weighted by Crippen LogP contribution is -2.33. The summed E-state index contributed by atoms with van der Waals surface area (Å²) in [4.78, 5) is 19.3. The third-order valence-electron chi connectivity index (χ3n) is 6.11. The smallest absolute Gasteiger partial charge is 0.226 e.